The molecule has 0 fully saturated rings. The molecule has 0 rings (SSSR count). The van der Waals surface area contributed by atoms with Gasteiger partial charge in [0.15, 0.2) is 0 Å². The van der Waals surface area contributed by atoms with Gasteiger partial charge in [-0.25, -0.2) is 0 Å². The van der Waals surface area contributed by atoms with E-state index in [0.29, 0.717) is 0 Å². The minimum absolute atomic E-state index is 0. The van der Waals surface area contributed by atoms with Crippen molar-refractivity contribution in [2.45, 2.75) is 0 Å². The third-order valence-corrected chi connectivity index (χ3v) is 0. The van der Waals surface area contributed by atoms with E-state index in [0.717, 1.165) is 0 Å². The van der Waals surface area contributed by atoms with Crippen molar-refractivity contribution in [1.82, 2.24) is 6.15 Å². The predicted molar refractivity (Wildman–Crippen MR) is 41.4 cm³/mol. The van der Waals surface area contributed by atoms with Crippen LogP contribution in [-0.2, 0) is 32.1 Å². The first-order chi connectivity index (χ1) is 2.73. The molecule has 0 aliphatic rings. The Morgan fingerprint density at radius 3 is 1.50 bits per heavy atom. The van der Waals surface area contributed by atoms with Crippen molar-refractivity contribution in [2.75, 3.05) is 0 Å². The Bertz CT molecular complexity index is 46.5. The molecule has 0 amide bonds. The maximum Gasteiger partial charge on any atom is 0 e. The van der Waals surface area contributed by atoms with Crippen molar-refractivity contribution in [3.8, 4) is 0 Å². The molecule has 0 atom stereocenters. The van der Waals surface area contributed by atoms with Gasteiger partial charge in [0.2, 0.25) is 0 Å². The van der Waals surface area contributed by atoms with Gasteiger partial charge in [-0.15, -0.1) is 13.2 Å². The smallest absolute Gasteiger partial charge is 0 e. The SMILES string of the molecule is C=C.NC(=S)[S-].[NH4+].[Zn]. The van der Waals surface area contributed by atoms with Gasteiger partial charge in [0.25, 0.3) is 0 Å². The average molecular weight is 204 g/mol. The summed E-state index contributed by atoms with van der Waals surface area (Å²) >= 11 is 8.26. The number of nitrogens with two attached hydrogens (primary N) is 1. The summed E-state index contributed by atoms with van der Waals surface area (Å²) in [6.07, 6.45) is 0. The molecule has 0 saturated carbocycles. The molecule has 0 heterocycles. The van der Waals surface area contributed by atoms with Crippen molar-refractivity contribution in [1.29, 1.82) is 0 Å². The second-order valence-electron chi connectivity index (χ2n) is 0.319. The van der Waals surface area contributed by atoms with Crippen molar-refractivity contribution in [3.63, 3.8) is 0 Å². The maximum atomic E-state index is 4.66. The van der Waals surface area contributed by atoms with Crippen LogP contribution in [-0.4, -0.2) is 4.32 Å². The molecule has 0 aromatic heterocycles. The molecule has 0 aliphatic heterocycles. The zero-order chi connectivity index (χ0) is 5.58. The van der Waals surface area contributed by atoms with Crippen LogP contribution >= 0.6 is 12.2 Å². The van der Waals surface area contributed by atoms with Gasteiger partial charge in [0, 0.05) is 19.5 Å². The topological polar surface area (TPSA) is 62.5 Å². The fourth-order valence-corrected chi connectivity index (χ4v) is 0. The van der Waals surface area contributed by atoms with Crippen LogP contribution in [0.4, 0.5) is 0 Å². The van der Waals surface area contributed by atoms with Crippen LogP contribution in [0.5, 0.6) is 0 Å². The van der Waals surface area contributed by atoms with E-state index in [2.05, 4.69) is 43.7 Å². The number of hydrogen-bond acceptors (Lipinski definition) is 2. The number of quaternary nitrogens is 1. The van der Waals surface area contributed by atoms with E-state index in [9.17, 15) is 0 Å². The summed E-state index contributed by atoms with van der Waals surface area (Å²) in [6, 6.07) is 0. The van der Waals surface area contributed by atoms with E-state index in [4.69, 9.17) is 0 Å². The third kappa shape index (κ3) is 1010. The van der Waals surface area contributed by atoms with Gasteiger partial charge in [0.05, 0.1) is 0 Å². The fraction of sp³-hybridized carbons (Fsp3) is 0. The Balaban J connectivity index is -0.0000000183. The molecular weight excluding hydrogens is 194 g/mol. The Hall–Kier alpha value is 0.433. The monoisotopic (exact) mass is 202 g/mol. The van der Waals surface area contributed by atoms with Crippen LogP contribution in [0.1, 0.15) is 0 Å². The molecule has 2 nitrogen and oxygen atoms in total. The zero-order valence-electron chi connectivity index (χ0n) is 5.02. The summed E-state index contributed by atoms with van der Waals surface area (Å²) in [4.78, 5) is 0. The largest absolute Gasteiger partial charge is 0.415 e. The van der Waals surface area contributed by atoms with Gasteiger partial charge in [-0.1, -0.05) is 4.32 Å². The molecule has 0 bridgehead atoms. The minimum Gasteiger partial charge on any atom is -0.415 e. The quantitative estimate of drug-likeness (QED) is 0.267. The molecule has 0 spiro atoms. The van der Waals surface area contributed by atoms with Gasteiger partial charge < -0.3 is 36.7 Å². The van der Waals surface area contributed by atoms with E-state index in [1.165, 1.54) is 0 Å². The van der Waals surface area contributed by atoms with Gasteiger partial charge in [0.1, 0.15) is 0 Å². The van der Waals surface area contributed by atoms with E-state index >= 15 is 0 Å². The maximum absolute atomic E-state index is 4.66. The fourth-order valence-electron chi connectivity index (χ4n) is 0. The van der Waals surface area contributed by atoms with Gasteiger partial charge in [-0.2, -0.15) is 0 Å². The Morgan fingerprint density at radius 1 is 1.50 bits per heavy atom. The number of rotatable bonds is 0. The molecule has 6 N–H and O–H groups in total. The summed E-state index contributed by atoms with van der Waals surface area (Å²) in [5.74, 6) is 0. The Morgan fingerprint density at radius 2 is 1.50 bits per heavy atom. The summed E-state index contributed by atoms with van der Waals surface area (Å²) in [5, 5.41) is 0. The standard InChI is InChI=1S/C2H4.CH3NS2.H3N.Zn/c1-2;2-1(3)4;;/h1-2H2;(H3,2,3,4);1H3;. The average Bonchev–Trinajstić information content (AvgIpc) is 1.41. The normalized spacial score (nSPS) is 3.50. The van der Waals surface area contributed by atoms with Crippen LogP contribution in [0.3, 0.4) is 0 Å². The van der Waals surface area contributed by atoms with Crippen molar-refractivity contribution >= 4 is 29.2 Å². The van der Waals surface area contributed by atoms with Crippen LogP contribution < -0.4 is 11.9 Å². The molecule has 0 aromatic rings. The van der Waals surface area contributed by atoms with Gasteiger partial charge in [-0.05, 0) is 0 Å². The van der Waals surface area contributed by atoms with Crippen LogP contribution in [0.15, 0.2) is 13.2 Å². The molecule has 5 heteroatoms. The summed E-state index contributed by atoms with van der Waals surface area (Å²) in [5.41, 5.74) is 4.66. The van der Waals surface area contributed by atoms with Crippen molar-refractivity contribution in [2.24, 2.45) is 5.73 Å². The predicted octanol–water partition coefficient (Wildman–Crippen LogP) is 0.953. The molecule has 0 radical (unpaired) electrons. The van der Waals surface area contributed by atoms with E-state index < -0.39 is 0 Å². The zero-order valence-corrected chi connectivity index (χ0v) is 9.62. The van der Waals surface area contributed by atoms with Crippen LogP contribution in [0, 0.1) is 0 Å². The van der Waals surface area contributed by atoms with Crippen LogP contribution in [0.2, 0.25) is 0 Å². The van der Waals surface area contributed by atoms with Crippen molar-refractivity contribution < 1.29 is 19.5 Å². The first-order valence-electron chi connectivity index (χ1n) is 1.20. The third-order valence-electron chi connectivity index (χ3n) is 0. The minimum atomic E-state index is 0. The first kappa shape index (κ1) is 23.7. The Kier molecular flexibility index (Phi) is 77.3. The summed E-state index contributed by atoms with van der Waals surface area (Å²) < 4.78 is 0.0833. The second kappa shape index (κ2) is 26.1. The van der Waals surface area contributed by atoms with Crippen molar-refractivity contribution in [3.05, 3.63) is 13.2 Å². The number of thiocarbonyl (C=S) groups is 1. The molecule has 0 unspecified atom stereocenters. The Labute approximate surface area is 73.7 Å². The second-order valence-corrected chi connectivity index (χ2v) is 1.46. The van der Waals surface area contributed by atoms with Gasteiger partial charge >= 0.3 is 0 Å². The van der Waals surface area contributed by atoms with Gasteiger partial charge in [-0.3, -0.25) is 0 Å². The first-order valence-corrected chi connectivity index (χ1v) is 2.01. The molecule has 46 valence electrons. The molecule has 8 heavy (non-hydrogen) atoms. The van der Waals surface area contributed by atoms with E-state index in [-0.39, 0.29) is 29.9 Å². The van der Waals surface area contributed by atoms with E-state index in [1.54, 1.807) is 0 Å². The molecule has 0 aromatic carbocycles. The van der Waals surface area contributed by atoms with E-state index in [1.807, 2.05) is 0 Å². The van der Waals surface area contributed by atoms with Crippen LogP contribution in [0.25, 0.3) is 0 Å². The molecular formula is C3H10N2S2Zn. The summed E-state index contributed by atoms with van der Waals surface area (Å²) in [7, 11) is 0. The number of hydrogen-bond donors (Lipinski definition) is 2. The molecule has 0 saturated heterocycles. The molecule has 0 aliphatic carbocycles. The summed E-state index contributed by atoms with van der Waals surface area (Å²) in [6.45, 7) is 6.00.